The molecule has 0 saturated carbocycles. The summed E-state index contributed by atoms with van der Waals surface area (Å²) in [4.78, 5) is 0. The highest BCUT2D eigenvalue weighted by Crippen LogP contribution is 2.48. The van der Waals surface area contributed by atoms with Crippen LogP contribution in [0.5, 0.6) is 0 Å². The van der Waals surface area contributed by atoms with E-state index in [1.54, 1.807) is 0 Å². The van der Waals surface area contributed by atoms with Gasteiger partial charge in [-0.15, -0.1) is 0 Å². The normalized spacial score (nSPS) is 13.8. The highest BCUT2D eigenvalue weighted by Gasteiger charge is 2.27. The van der Waals surface area contributed by atoms with Crippen LogP contribution in [-0.2, 0) is 6.42 Å². The zero-order valence-electron chi connectivity index (χ0n) is 16.8. The lowest BCUT2D eigenvalue weighted by molar-refractivity contribution is 1.24. The average molecular weight is 383 g/mol. The van der Waals surface area contributed by atoms with Gasteiger partial charge in [-0.25, -0.2) is 0 Å². The van der Waals surface area contributed by atoms with Crippen LogP contribution in [0.25, 0.3) is 39.0 Å². The number of hydrogen-bond donors (Lipinski definition) is 0. The molecule has 0 saturated heterocycles. The van der Waals surface area contributed by atoms with Gasteiger partial charge in [0.15, 0.2) is 0 Å². The van der Waals surface area contributed by atoms with E-state index >= 15 is 0 Å². The molecule has 2 aliphatic carbocycles. The summed E-state index contributed by atoms with van der Waals surface area (Å²) < 4.78 is 0. The molecule has 0 fully saturated rings. The summed E-state index contributed by atoms with van der Waals surface area (Å²) in [6.07, 6.45) is 8.77. The van der Waals surface area contributed by atoms with Crippen molar-refractivity contribution in [3.05, 3.63) is 126 Å². The van der Waals surface area contributed by atoms with Crippen LogP contribution in [0.2, 0.25) is 0 Å². The Labute approximate surface area is 177 Å². The molecule has 0 aromatic heterocycles. The van der Waals surface area contributed by atoms with E-state index in [0.29, 0.717) is 0 Å². The van der Waals surface area contributed by atoms with Gasteiger partial charge in [-0.1, -0.05) is 109 Å². The highest BCUT2D eigenvalue weighted by atomic mass is 14.3. The fraction of sp³-hybridized carbons (Fsp3) is 0.0667. The molecule has 0 unspecified atom stereocenters. The van der Waals surface area contributed by atoms with Crippen molar-refractivity contribution >= 4 is 5.57 Å². The van der Waals surface area contributed by atoms with Gasteiger partial charge < -0.3 is 0 Å². The van der Waals surface area contributed by atoms with Crippen molar-refractivity contribution in [3.8, 4) is 33.4 Å². The Hall–Kier alpha value is -3.64. The lowest BCUT2D eigenvalue weighted by atomic mass is 9.86. The second-order valence-electron chi connectivity index (χ2n) is 8.09. The molecule has 2 aliphatic rings. The van der Waals surface area contributed by atoms with Crippen LogP contribution in [0.4, 0.5) is 0 Å². The summed E-state index contributed by atoms with van der Waals surface area (Å²) in [6, 6.07) is 33.1. The van der Waals surface area contributed by atoms with E-state index in [1.165, 1.54) is 55.6 Å². The van der Waals surface area contributed by atoms with Gasteiger partial charge in [0.2, 0.25) is 0 Å². The predicted octanol–water partition coefficient (Wildman–Crippen LogP) is 7.94. The third kappa shape index (κ3) is 2.69. The Bertz CT molecular complexity index is 1310. The number of allylic oxidation sites excluding steroid dienone is 4. The minimum Gasteiger partial charge on any atom is -0.0801 e. The summed E-state index contributed by atoms with van der Waals surface area (Å²) in [7, 11) is 0. The predicted molar refractivity (Wildman–Crippen MR) is 127 cm³/mol. The maximum atomic E-state index is 2.35. The lowest BCUT2D eigenvalue weighted by Gasteiger charge is -2.17. The fourth-order valence-corrected chi connectivity index (χ4v) is 5.04. The largest absolute Gasteiger partial charge is 0.0801 e. The first kappa shape index (κ1) is 17.2. The Morgan fingerprint density at radius 3 is 1.87 bits per heavy atom. The molecular weight excluding hydrogens is 360 g/mol. The minimum absolute atomic E-state index is 0.999. The molecule has 0 nitrogen and oxygen atoms in total. The van der Waals surface area contributed by atoms with Crippen molar-refractivity contribution in [1.29, 1.82) is 0 Å². The molecule has 4 aromatic carbocycles. The summed E-state index contributed by atoms with van der Waals surface area (Å²) >= 11 is 0. The number of hydrogen-bond acceptors (Lipinski definition) is 0. The number of benzene rings is 4. The van der Waals surface area contributed by atoms with Crippen molar-refractivity contribution in [2.45, 2.75) is 12.8 Å². The van der Waals surface area contributed by atoms with Crippen LogP contribution in [0.1, 0.15) is 23.1 Å². The molecule has 0 spiro atoms. The van der Waals surface area contributed by atoms with Gasteiger partial charge in [0.05, 0.1) is 0 Å². The van der Waals surface area contributed by atoms with E-state index in [0.717, 1.165) is 12.8 Å². The second-order valence-corrected chi connectivity index (χ2v) is 8.09. The molecule has 0 heterocycles. The zero-order valence-corrected chi connectivity index (χ0v) is 16.8. The third-order valence-corrected chi connectivity index (χ3v) is 6.36. The van der Waals surface area contributed by atoms with Crippen LogP contribution in [0.3, 0.4) is 0 Å². The van der Waals surface area contributed by atoms with Gasteiger partial charge in [-0.2, -0.15) is 0 Å². The van der Waals surface area contributed by atoms with Crippen LogP contribution in [0, 0.1) is 0 Å². The van der Waals surface area contributed by atoms with Gasteiger partial charge >= 0.3 is 0 Å². The van der Waals surface area contributed by atoms with Gasteiger partial charge in [-0.05, 0) is 68.5 Å². The lowest BCUT2D eigenvalue weighted by Crippen LogP contribution is -1.96. The number of rotatable bonds is 3. The molecule has 0 bridgehead atoms. The van der Waals surface area contributed by atoms with Crippen LogP contribution in [0.15, 0.2) is 109 Å². The molecule has 0 aliphatic heterocycles. The van der Waals surface area contributed by atoms with Gasteiger partial charge in [-0.3, -0.25) is 0 Å². The van der Waals surface area contributed by atoms with Gasteiger partial charge in [0.1, 0.15) is 0 Å². The Morgan fingerprint density at radius 1 is 0.533 bits per heavy atom. The average Bonchev–Trinajstić information content (AvgIpc) is 3.47. The molecule has 0 N–H and O–H groups in total. The maximum absolute atomic E-state index is 2.35. The third-order valence-electron chi connectivity index (χ3n) is 6.36. The first-order valence-corrected chi connectivity index (χ1v) is 10.7. The Balaban J connectivity index is 1.61. The van der Waals surface area contributed by atoms with Gasteiger partial charge in [0.25, 0.3) is 0 Å². The SMILES string of the molecule is C1=CCC(c2c(-c3ccccc3)ccc3c2Cc2cccc(-c4ccccc4)c2-3)=C1. The molecule has 142 valence electrons. The van der Waals surface area contributed by atoms with Crippen LogP contribution in [-0.4, -0.2) is 0 Å². The standard InChI is InChI=1S/C30H22/c1-3-10-21(11-4-1)25-17-9-16-24-20-28-27(30(24)25)19-18-26(22-12-5-2-6-13-22)29(28)23-14-7-8-15-23/h1-14,16-19H,15,20H2. The van der Waals surface area contributed by atoms with E-state index < -0.39 is 0 Å². The van der Waals surface area contributed by atoms with Crippen molar-refractivity contribution in [3.63, 3.8) is 0 Å². The van der Waals surface area contributed by atoms with Crippen molar-refractivity contribution < 1.29 is 0 Å². The van der Waals surface area contributed by atoms with E-state index in [1.807, 2.05) is 0 Å². The smallest absolute Gasteiger partial charge is 0.000695 e. The van der Waals surface area contributed by atoms with Gasteiger partial charge in [0, 0.05) is 0 Å². The molecular formula is C30H22. The van der Waals surface area contributed by atoms with Crippen molar-refractivity contribution in [2.24, 2.45) is 0 Å². The Morgan fingerprint density at radius 2 is 1.20 bits per heavy atom. The van der Waals surface area contributed by atoms with E-state index in [4.69, 9.17) is 0 Å². The molecule has 0 radical (unpaired) electrons. The summed E-state index contributed by atoms with van der Waals surface area (Å²) in [5.74, 6) is 0. The molecule has 0 heteroatoms. The van der Waals surface area contributed by atoms with E-state index in [-0.39, 0.29) is 0 Å². The number of fused-ring (bicyclic) bond motifs is 3. The van der Waals surface area contributed by atoms with Crippen LogP contribution >= 0.6 is 0 Å². The summed E-state index contributed by atoms with van der Waals surface area (Å²) in [6.45, 7) is 0. The zero-order chi connectivity index (χ0) is 19.9. The van der Waals surface area contributed by atoms with Crippen molar-refractivity contribution in [2.75, 3.05) is 0 Å². The molecule has 4 aromatic rings. The maximum Gasteiger partial charge on any atom is -0.000695 e. The van der Waals surface area contributed by atoms with Crippen LogP contribution < -0.4 is 0 Å². The minimum atomic E-state index is 0.999. The highest BCUT2D eigenvalue weighted by molar-refractivity contribution is 5.96. The molecule has 6 rings (SSSR count). The van der Waals surface area contributed by atoms with E-state index in [9.17, 15) is 0 Å². The molecule has 30 heavy (non-hydrogen) atoms. The first-order chi connectivity index (χ1) is 14.9. The monoisotopic (exact) mass is 382 g/mol. The summed E-state index contributed by atoms with van der Waals surface area (Å²) in [5.41, 5.74) is 13.8. The second kappa shape index (κ2) is 7.00. The van der Waals surface area contributed by atoms with E-state index in [2.05, 4.69) is 109 Å². The molecule has 0 atom stereocenters. The Kier molecular flexibility index (Phi) is 4.02. The quantitative estimate of drug-likeness (QED) is 0.297. The first-order valence-electron chi connectivity index (χ1n) is 10.7. The fourth-order valence-electron chi connectivity index (χ4n) is 5.04. The topological polar surface area (TPSA) is 0 Å². The molecule has 0 amide bonds. The van der Waals surface area contributed by atoms with Crippen molar-refractivity contribution in [1.82, 2.24) is 0 Å². The summed E-state index contributed by atoms with van der Waals surface area (Å²) in [5, 5.41) is 0.